The number of rotatable bonds is 6. The minimum Gasteiger partial charge on any atom is -0.468 e. The lowest BCUT2D eigenvalue weighted by Gasteiger charge is -2.20. The van der Waals surface area contributed by atoms with Crippen molar-refractivity contribution in [1.29, 1.82) is 0 Å². The highest BCUT2D eigenvalue weighted by molar-refractivity contribution is 5.74. The number of hydrogen-bond donors (Lipinski definition) is 2. The molecular formula is C17H19F6N3O2. The summed E-state index contributed by atoms with van der Waals surface area (Å²) in [5.74, 6) is -0.203. The van der Waals surface area contributed by atoms with Gasteiger partial charge in [-0.25, -0.2) is 9.78 Å². The van der Waals surface area contributed by atoms with Crippen LogP contribution in [-0.4, -0.2) is 36.5 Å². The molecule has 0 saturated heterocycles. The first-order chi connectivity index (χ1) is 13.0. The Morgan fingerprint density at radius 1 is 1.25 bits per heavy atom. The minimum atomic E-state index is -4.49. The predicted octanol–water partition coefficient (Wildman–Crippen LogP) is 4.04. The molecule has 1 aromatic heterocycles. The lowest BCUT2D eigenvalue weighted by molar-refractivity contribution is -0.188. The van der Waals surface area contributed by atoms with Gasteiger partial charge >= 0.3 is 18.4 Å². The number of nitrogens with one attached hydrogen (secondary N) is 2. The van der Waals surface area contributed by atoms with Gasteiger partial charge in [0, 0.05) is 18.8 Å². The Morgan fingerprint density at radius 3 is 2.57 bits per heavy atom. The van der Waals surface area contributed by atoms with Crippen molar-refractivity contribution in [3.8, 4) is 5.88 Å². The molecule has 1 saturated carbocycles. The number of hydrogen-bond acceptors (Lipinski definition) is 3. The second-order valence-corrected chi connectivity index (χ2v) is 7.14. The van der Waals surface area contributed by atoms with Crippen LogP contribution in [-0.2, 0) is 6.42 Å². The first kappa shape index (κ1) is 20.5. The zero-order valence-corrected chi connectivity index (χ0v) is 14.7. The third-order valence-corrected chi connectivity index (χ3v) is 5.11. The van der Waals surface area contributed by atoms with E-state index in [1.54, 1.807) is 0 Å². The molecule has 11 heteroatoms. The molecule has 5 nitrogen and oxygen atoms in total. The van der Waals surface area contributed by atoms with Gasteiger partial charge in [-0.2, -0.15) is 26.3 Å². The maximum atomic E-state index is 12.9. The SMILES string of the molecule is O=C(NCCC1(C(F)(F)F)CC1)NC1CCc2cnc(OCC(F)(F)F)cc21. The number of urea groups is 1. The molecule has 2 amide bonds. The molecule has 2 aliphatic carbocycles. The van der Waals surface area contributed by atoms with Crippen LogP contribution < -0.4 is 15.4 Å². The van der Waals surface area contributed by atoms with E-state index in [4.69, 9.17) is 0 Å². The van der Waals surface area contributed by atoms with E-state index in [1.165, 1.54) is 12.3 Å². The Morgan fingerprint density at radius 2 is 1.96 bits per heavy atom. The number of aromatic nitrogens is 1. The third kappa shape index (κ3) is 4.79. The standard InChI is InChI=1S/C17H19F6N3O2/c18-16(19,20)9-28-13-7-11-10(8-25-13)1-2-12(11)26-14(27)24-6-5-15(3-4-15)17(21,22)23/h7-8,12H,1-6,9H2,(H2,24,26,27). The first-order valence-electron chi connectivity index (χ1n) is 8.79. The van der Waals surface area contributed by atoms with E-state index in [-0.39, 0.29) is 31.7 Å². The monoisotopic (exact) mass is 411 g/mol. The van der Waals surface area contributed by atoms with Crippen LogP contribution in [0.2, 0.25) is 0 Å². The second-order valence-electron chi connectivity index (χ2n) is 7.14. The molecule has 0 aliphatic heterocycles. The number of halogens is 6. The molecule has 2 N–H and O–H groups in total. The van der Waals surface area contributed by atoms with Gasteiger partial charge in [0.15, 0.2) is 6.61 Å². The Balaban J connectivity index is 1.51. The van der Waals surface area contributed by atoms with Crippen molar-refractivity contribution in [2.45, 2.75) is 50.5 Å². The van der Waals surface area contributed by atoms with Crippen molar-refractivity contribution in [2.75, 3.05) is 13.2 Å². The van der Waals surface area contributed by atoms with Gasteiger partial charge in [-0.05, 0) is 43.2 Å². The number of aryl methyl sites for hydroxylation is 1. The zero-order valence-electron chi connectivity index (χ0n) is 14.7. The molecule has 1 fully saturated rings. The van der Waals surface area contributed by atoms with Gasteiger partial charge in [0.05, 0.1) is 11.5 Å². The number of pyridine rings is 1. The molecule has 1 atom stereocenters. The molecule has 0 aromatic carbocycles. The number of carbonyl (C=O) groups is 1. The number of carbonyl (C=O) groups excluding carboxylic acids is 1. The summed E-state index contributed by atoms with van der Waals surface area (Å²) in [5, 5.41) is 5.07. The van der Waals surface area contributed by atoms with E-state index in [1.807, 2.05) is 0 Å². The lowest BCUT2D eigenvalue weighted by Crippen LogP contribution is -2.39. The van der Waals surface area contributed by atoms with E-state index in [0.717, 1.165) is 5.56 Å². The van der Waals surface area contributed by atoms with Gasteiger partial charge < -0.3 is 15.4 Å². The molecule has 1 heterocycles. The van der Waals surface area contributed by atoms with Gasteiger partial charge in [-0.3, -0.25) is 0 Å². The van der Waals surface area contributed by atoms with E-state index in [2.05, 4.69) is 20.4 Å². The highest BCUT2D eigenvalue weighted by Crippen LogP contribution is 2.59. The maximum absolute atomic E-state index is 12.9. The number of amides is 2. The van der Waals surface area contributed by atoms with Crippen LogP contribution in [0.3, 0.4) is 0 Å². The number of fused-ring (bicyclic) bond motifs is 1. The summed E-state index contributed by atoms with van der Waals surface area (Å²) in [6.07, 6.45) is -6.30. The summed E-state index contributed by atoms with van der Waals surface area (Å²) >= 11 is 0. The van der Waals surface area contributed by atoms with Gasteiger partial charge in [-0.1, -0.05) is 0 Å². The Labute approximate surface area is 156 Å². The first-order valence-corrected chi connectivity index (χ1v) is 8.79. The van der Waals surface area contributed by atoms with Crippen LogP contribution in [0, 0.1) is 5.41 Å². The van der Waals surface area contributed by atoms with Crippen molar-refractivity contribution < 1.29 is 35.9 Å². The third-order valence-electron chi connectivity index (χ3n) is 5.11. The Bertz CT molecular complexity index is 731. The summed E-state index contributed by atoms with van der Waals surface area (Å²) in [4.78, 5) is 15.8. The number of nitrogens with zero attached hydrogens (tertiary/aromatic N) is 1. The molecule has 0 bridgehead atoms. The minimum absolute atomic E-state index is 0.0729. The van der Waals surface area contributed by atoms with Crippen LogP contribution in [0.4, 0.5) is 31.1 Å². The predicted molar refractivity (Wildman–Crippen MR) is 85.7 cm³/mol. The molecule has 28 heavy (non-hydrogen) atoms. The average Bonchev–Trinajstić information content (AvgIpc) is 3.29. The second kappa shape index (κ2) is 7.32. The van der Waals surface area contributed by atoms with Crippen LogP contribution in [0.5, 0.6) is 5.88 Å². The fourth-order valence-electron chi connectivity index (χ4n) is 3.30. The largest absolute Gasteiger partial charge is 0.468 e. The Hall–Kier alpha value is -2.20. The molecule has 0 radical (unpaired) electrons. The fourth-order valence-corrected chi connectivity index (χ4v) is 3.30. The topological polar surface area (TPSA) is 63.2 Å². The molecule has 1 unspecified atom stereocenters. The highest BCUT2D eigenvalue weighted by atomic mass is 19.4. The van der Waals surface area contributed by atoms with Crippen molar-refractivity contribution in [3.05, 3.63) is 23.4 Å². The molecular weight excluding hydrogens is 392 g/mol. The summed E-state index contributed by atoms with van der Waals surface area (Å²) in [6, 6.07) is 0.260. The number of alkyl halides is 6. The quantitative estimate of drug-likeness (QED) is 0.695. The van der Waals surface area contributed by atoms with Gasteiger partial charge in [0.25, 0.3) is 0 Å². The van der Waals surface area contributed by atoms with E-state index in [0.29, 0.717) is 18.4 Å². The van der Waals surface area contributed by atoms with Gasteiger partial charge in [0.1, 0.15) is 0 Å². The Kier molecular flexibility index (Phi) is 5.37. The summed E-state index contributed by atoms with van der Waals surface area (Å²) < 4.78 is 80.0. The summed E-state index contributed by atoms with van der Waals surface area (Å²) in [6.45, 7) is -1.58. The highest BCUT2D eigenvalue weighted by Gasteiger charge is 2.62. The van der Waals surface area contributed by atoms with Crippen LogP contribution in [0.25, 0.3) is 0 Å². The summed E-state index contributed by atoms with van der Waals surface area (Å²) in [5.41, 5.74) is -0.314. The molecule has 3 rings (SSSR count). The maximum Gasteiger partial charge on any atom is 0.422 e. The molecule has 2 aliphatic rings. The molecule has 1 aromatic rings. The van der Waals surface area contributed by atoms with Crippen molar-refractivity contribution in [2.24, 2.45) is 5.41 Å². The summed E-state index contributed by atoms with van der Waals surface area (Å²) in [7, 11) is 0. The average molecular weight is 411 g/mol. The van der Waals surface area contributed by atoms with Crippen LogP contribution in [0.1, 0.15) is 42.9 Å². The van der Waals surface area contributed by atoms with E-state index < -0.39 is 36.4 Å². The lowest BCUT2D eigenvalue weighted by atomic mass is 10.0. The fraction of sp³-hybridized carbons (Fsp3) is 0.647. The number of ether oxygens (including phenoxy) is 1. The normalized spacial score (nSPS) is 20.4. The van der Waals surface area contributed by atoms with Crippen molar-refractivity contribution in [3.63, 3.8) is 0 Å². The molecule has 0 spiro atoms. The van der Waals surface area contributed by atoms with Crippen molar-refractivity contribution >= 4 is 6.03 Å². The van der Waals surface area contributed by atoms with Gasteiger partial charge in [-0.15, -0.1) is 0 Å². The zero-order chi connectivity index (χ0) is 20.6. The van der Waals surface area contributed by atoms with Gasteiger partial charge in [0.2, 0.25) is 5.88 Å². The van der Waals surface area contributed by atoms with Crippen LogP contribution >= 0.6 is 0 Å². The van der Waals surface area contributed by atoms with E-state index in [9.17, 15) is 31.1 Å². The van der Waals surface area contributed by atoms with E-state index >= 15 is 0 Å². The van der Waals surface area contributed by atoms with Crippen LogP contribution in [0.15, 0.2) is 12.3 Å². The smallest absolute Gasteiger partial charge is 0.422 e. The van der Waals surface area contributed by atoms with Crippen molar-refractivity contribution in [1.82, 2.24) is 15.6 Å². The molecule has 156 valence electrons.